The molecule has 0 spiro atoms. The summed E-state index contributed by atoms with van der Waals surface area (Å²) >= 11 is 0. The number of benzene rings is 3. The minimum absolute atomic E-state index is 0.209. The molecule has 0 bridgehead atoms. The Labute approximate surface area is 177 Å². The van der Waals surface area contributed by atoms with Crippen LogP contribution in [0.5, 0.6) is 0 Å². The van der Waals surface area contributed by atoms with Gasteiger partial charge in [-0.15, -0.1) is 0 Å². The minimum Gasteiger partial charge on any atom is -0.320 e. The third-order valence-corrected chi connectivity index (χ3v) is 5.34. The van der Waals surface area contributed by atoms with Gasteiger partial charge in [0.25, 0.3) is 17.5 Å². The summed E-state index contributed by atoms with van der Waals surface area (Å²) in [5, 5.41) is 16.4. The number of sulfone groups is 1. The number of hydrogen-bond donors (Lipinski definition) is 2. The van der Waals surface area contributed by atoms with Crippen LogP contribution in [-0.4, -0.2) is 31.4 Å². The number of nitrogens with one attached hydrogen (secondary N) is 2. The van der Waals surface area contributed by atoms with Crippen molar-refractivity contribution in [3.05, 3.63) is 94.0 Å². The molecule has 0 aliphatic carbocycles. The van der Waals surface area contributed by atoms with E-state index in [2.05, 4.69) is 10.6 Å². The van der Waals surface area contributed by atoms with Crippen LogP contribution in [-0.2, 0) is 9.84 Å². The summed E-state index contributed by atoms with van der Waals surface area (Å²) in [4.78, 5) is 35.2. The molecule has 2 N–H and O–H groups in total. The number of carbonyl (C=O) groups excluding carboxylic acids is 2. The van der Waals surface area contributed by atoms with E-state index in [1.807, 2.05) is 0 Å². The Morgan fingerprint density at radius 2 is 1.32 bits per heavy atom. The molecule has 0 aliphatic rings. The summed E-state index contributed by atoms with van der Waals surface area (Å²) in [6, 6.07) is 17.8. The summed E-state index contributed by atoms with van der Waals surface area (Å²) in [6.07, 6.45) is 0.891. The predicted octanol–water partition coefficient (Wildman–Crippen LogP) is 3.50. The lowest BCUT2D eigenvalue weighted by Crippen LogP contribution is -2.17. The Bertz CT molecular complexity index is 1270. The first-order valence-corrected chi connectivity index (χ1v) is 10.8. The highest BCUT2D eigenvalue weighted by atomic mass is 32.2. The number of nitro benzene ring substituents is 1. The first-order valence-electron chi connectivity index (χ1n) is 8.91. The molecule has 0 unspecified atom stereocenters. The van der Waals surface area contributed by atoms with Crippen LogP contribution >= 0.6 is 0 Å². The third kappa shape index (κ3) is 5.31. The van der Waals surface area contributed by atoms with E-state index in [-0.39, 0.29) is 16.1 Å². The Balaban J connectivity index is 1.90. The van der Waals surface area contributed by atoms with Gasteiger partial charge in [0.05, 0.1) is 21.2 Å². The van der Waals surface area contributed by atoms with Crippen LogP contribution in [0, 0.1) is 10.1 Å². The topological polar surface area (TPSA) is 135 Å². The molecule has 10 heteroatoms. The number of non-ortho nitro benzene ring substituents is 1. The van der Waals surface area contributed by atoms with Crippen LogP contribution in [0.4, 0.5) is 17.1 Å². The SMILES string of the molecule is CS(=O)(=O)c1cc(C(=O)Nc2ccccc2NC(=O)c2ccccc2)cc([N+](=O)[O-])c1. The smallest absolute Gasteiger partial charge is 0.271 e. The highest BCUT2D eigenvalue weighted by Crippen LogP contribution is 2.25. The quantitative estimate of drug-likeness (QED) is 0.446. The second-order valence-electron chi connectivity index (χ2n) is 6.56. The number of carbonyl (C=O) groups is 2. The van der Waals surface area contributed by atoms with Crippen LogP contribution < -0.4 is 10.6 Å². The van der Waals surface area contributed by atoms with Gasteiger partial charge < -0.3 is 10.6 Å². The fourth-order valence-corrected chi connectivity index (χ4v) is 3.39. The van der Waals surface area contributed by atoms with Gasteiger partial charge in [-0.1, -0.05) is 30.3 Å². The lowest BCUT2D eigenvalue weighted by molar-refractivity contribution is -0.385. The van der Waals surface area contributed by atoms with Crippen molar-refractivity contribution in [3.63, 3.8) is 0 Å². The zero-order chi connectivity index (χ0) is 22.6. The molecule has 2 amide bonds. The molecule has 31 heavy (non-hydrogen) atoms. The molecule has 0 aromatic heterocycles. The predicted molar refractivity (Wildman–Crippen MR) is 115 cm³/mol. The number of nitro groups is 1. The molecule has 0 fully saturated rings. The zero-order valence-electron chi connectivity index (χ0n) is 16.2. The van der Waals surface area contributed by atoms with E-state index < -0.39 is 32.3 Å². The van der Waals surface area contributed by atoms with E-state index in [0.29, 0.717) is 11.3 Å². The van der Waals surface area contributed by atoms with E-state index in [4.69, 9.17) is 0 Å². The number of nitrogens with zero attached hydrogens (tertiary/aromatic N) is 1. The van der Waals surface area contributed by atoms with Crippen LogP contribution in [0.25, 0.3) is 0 Å². The van der Waals surface area contributed by atoms with Crippen molar-refractivity contribution in [2.45, 2.75) is 4.90 Å². The van der Waals surface area contributed by atoms with Crippen molar-refractivity contribution in [3.8, 4) is 0 Å². The molecule has 3 aromatic carbocycles. The Hall–Kier alpha value is -4.05. The van der Waals surface area contributed by atoms with Crippen molar-refractivity contribution >= 4 is 38.7 Å². The third-order valence-electron chi connectivity index (χ3n) is 4.25. The van der Waals surface area contributed by atoms with Gasteiger partial charge in [0.2, 0.25) is 0 Å². The molecule has 3 aromatic rings. The second-order valence-corrected chi connectivity index (χ2v) is 8.58. The van der Waals surface area contributed by atoms with Gasteiger partial charge in [-0.25, -0.2) is 8.42 Å². The summed E-state index contributed by atoms with van der Waals surface area (Å²) in [7, 11) is -3.78. The maximum absolute atomic E-state index is 12.7. The van der Waals surface area contributed by atoms with Crippen LogP contribution in [0.1, 0.15) is 20.7 Å². The number of rotatable bonds is 6. The number of hydrogen-bond acceptors (Lipinski definition) is 6. The van der Waals surface area contributed by atoms with Crippen LogP contribution in [0.15, 0.2) is 77.7 Å². The van der Waals surface area contributed by atoms with Gasteiger partial charge >= 0.3 is 0 Å². The molecule has 9 nitrogen and oxygen atoms in total. The summed E-state index contributed by atoms with van der Waals surface area (Å²) in [6.45, 7) is 0. The highest BCUT2D eigenvalue weighted by Gasteiger charge is 2.20. The molecule has 0 aliphatic heterocycles. The average molecular weight is 439 g/mol. The van der Waals surface area contributed by atoms with E-state index in [1.54, 1.807) is 48.5 Å². The van der Waals surface area contributed by atoms with E-state index in [1.165, 1.54) is 6.07 Å². The van der Waals surface area contributed by atoms with Gasteiger partial charge in [-0.2, -0.15) is 0 Å². The monoisotopic (exact) mass is 439 g/mol. The standard InChI is InChI=1S/C21H17N3O6S/c1-31(29,30)17-12-15(11-16(13-17)24(27)28)21(26)23-19-10-6-5-9-18(19)22-20(25)14-7-3-2-4-8-14/h2-13H,1H3,(H,22,25)(H,23,26). The van der Waals surface area contributed by atoms with Crippen LogP contribution in [0.2, 0.25) is 0 Å². The molecule has 0 radical (unpaired) electrons. The molecule has 0 heterocycles. The largest absolute Gasteiger partial charge is 0.320 e. The van der Waals surface area contributed by atoms with Crippen molar-refractivity contribution < 1.29 is 22.9 Å². The Morgan fingerprint density at radius 3 is 1.84 bits per heavy atom. The van der Waals surface area contributed by atoms with Gasteiger partial charge in [0.1, 0.15) is 0 Å². The first-order chi connectivity index (χ1) is 14.6. The van der Waals surface area contributed by atoms with Gasteiger partial charge in [0, 0.05) is 29.5 Å². The van der Waals surface area contributed by atoms with Crippen molar-refractivity contribution in [1.29, 1.82) is 0 Å². The average Bonchev–Trinajstić information content (AvgIpc) is 2.74. The van der Waals surface area contributed by atoms with E-state index >= 15 is 0 Å². The van der Waals surface area contributed by atoms with Crippen molar-refractivity contribution in [2.75, 3.05) is 16.9 Å². The first kappa shape index (κ1) is 21.7. The minimum atomic E-state index is -3.78. The van der Waals surface area contributed by atoms with E-state index in [0.717, 1.165) is 24.5 Å². The van der Waals surface area contributed by atoms with E-state index in [9.17, 15) is 28.1 Å². The summed E-state index contributed by atoms with van der Waals surface area (Å²) < 4.78 is 23.7. The van der Waals surface area contributed by atoms with Crippen LogP contribution in [0.3, 0.4) is 0 Å². The lowest BCUT2D eigenvalue weighted by atomic mass is 10.1. The summed E-state index contributed by atoms with van der Waals surface area (Å²) in [5.74, 6) is -1.16. The molecule has 158 valence electrons. The highest BCUT2D eigenvalue weighted by molar-refractivity contribution is 7.90. The fraction of sp³-hybridized carbons (Fsp3) is 0.0476. The molecular formula is C21H17N3O6S. The Kier molecular flexibility index (Phi) is 6.12. The molecule has 0 saturated heterocycles. The molecule has 3 rings (SSSR count). The number of para-hydroxylation sites is 2. The second kappa shape index (κ2) is 8.76. The van der Waals surface area contributed by atoms with Gasteiger partial charge in [-0.3, -0.25) is 19.7 Å². The zero-order valence-corrected chi connectivity index (χ0v) is 17.0. The maximum Gasteiger partial charge on any atom is 0.271 e. The molecule has 0 atom stereocenters. The number of anilines is 2. The van der Waals surface area contributed by atoms with Crippen molar-refractivity contribution in [2.24, 2.45) is 0 Å². The number of amides is 2. The van der Waals surface area contributed by atoms with Gasteiger partial charge in [-0.05, 0) is 30.3 Å². The Morgan fingerprint density at radius 1 is 0.806 bits per heavy atom. The summed E-state index contributed by atoms with van der Waals surface area (Å²) in [5.41, 5.74) is 0.223. The maximum atomic E-state index is 12.7. The fourth-order valence-electron chi connectivity index (χ4n) is 2.71. The van der Waals surface area contributed by atoms with Crippen molar-refractivity contribution in [1.82, 2.24) is 0 Å². The molecular weight excluding hydrogens is 422 g/mol. The lowest BCUT2D eigenvalue weighted by Gasteiger charge is -2.13. The molecule has 0 saturated carbocycles. The normalized spacial score (nSPS) is 10.9. The van der Waals surface area contributed by atoms with Gasteiger partial charge in [0.15, 0.2) is 9.84 Å².